The molecule has 0 aliphatic heterocycles. The Labute approximate surface area is 130 Å². The Kier molecular flexibility index (Phi) is 5.30. The number of benzene rings is 2. The molecule has 0 saturated carbocycles. The van der Waals surface area contributed by atoms with Crippen molar-refractivity contribution < 1.29 is 4.79 Å². The summed E-state index contributed by atoms with van der Waals surface area (Å²) in [4.78, 5) is 12.4. The van der Waals surface area contributed by atoms with E-state index in [4.69, 9.17) is 0 Å². The molecule has 2 aromatic carbocycles. The summed E-state index contributed by atoms with van der Waals surface area (Å²) in [7, 11) is 0. The molecule has 0 spiro atoms. The molecule has 0 bridgehead atoms. The van der Waals surface area contributed by atoms with E-state index in [0.29, 0.717) is 0 Å². The molecule has 0 saturated heterocycles. The zero-order chi connectivity index (χ0) is 14.7. The third-order valence-corrected chi connectivity index (χ3v) is 8.88. The van der Waals surface area contributed by atoms with Gasteiger partial charge in [0.1, 0.15) is 0 Å². The van der Waals surface area contributed by atoms with Crippen LogP contribution in [-0.2, 0) is 0 Å². The predicted octanol–water partition coefficient (Wildman–Crippen LogP) is 2.84. The van der Waals surface area contributed by atoms with E-state index in [1.807, 2.05) is 24.3 Å². The fourth-order valence-corrected chi connectivity index (χ4v) is 5.12. The van der Waals surface area contributed by atoms with Crippen LogP contribution in [0, 0.1) is 0 Å². The monoisotopic (exact) mass is 390 g/mol. The third kappa shape index (κ3) is 3.66. The third-order valence-electron chi connectivity index (χ3n) is 3.29. The topological polar surface area (TPSA) is 17.1 Å². The SMILES string of the molecule is C[As](C)c1ccc(C(=O)c2ccc([As](C)C)cc2)cc1. The van der Waals surface area contributed by atoms with E-state index in [1.54, 1.807) is 0 Å². The second-order valence-electron chi connectivity index (χ2n) is 5.21. The summed E-state index contributed by atoms with van der Waals surface area (Å²) in [5.41, 5.74) is 10.8. The Morgan fingerprint density at radius 2 is 0.950 bits per heavy atom. The second kappa shape index (κ2) is 6.79. The molecule has 0 amide bonds. The molecule has 20 heavy (non-hydrogen) atoms. The van der Waals surface area contributed by atoms with Crippen LogP contribution in [-0.4, -0.2) is 35.1 Å². The van der Waals surface area contributed by atoms with E-state index in [1.165, 1.54) is 8.70 Å². The van der Waals surface area contributed by atoms with Crippen LogP contribution in [0.1, 0.15) is 15.9 Å². The molecule has 0 aromatic heterocycles. The number of ketones is 1. The molecule has 0 fully saturated rings. The van der Waals surface area contributed by atoms with Gasteiger partial charge in [0.05, 0.1) is 0 Å². The molecule has 0 aliphatic carbocycles. The first-order valence-electron chi connectivity index (χ1n) is 6.58. The maximum atomic E-state index is 12.4. The maximum absolute atomic E-state index is 12.4. The van der Waals surface area contributed by atoms with Gasteiger partial charge in [-0.2, -0.15) is 0 Å². The zero-order valence-corrected chi connectivity index (χ0v) is 16.2. The van der Waals surface area contributed by atoms with Gasteiger partial charge in [0.15, 0.2) is 0 Å². The minimum absolute atomic E-state index is 0.126. The van der Waals surface area contributed by atoms with E-state index < -0.39 is 29.3 Å². The van der Waals surface area contributed by atoms with Gasteiger partial charge >= 0.3 is 131 Å². The Morgan fingerprint density at radius 3 is 1.20 bits per heavy atom. The van der Waals surface area contributed by atoms with E-state index >= 15 is 0 Å². The molecule has 1 nitrogen and oxygen atoms in total. The van der Waals surface area contributed by atoms with Crippen molar-refractivity contribution in [1.29, 1.82) is 0 Å². The van der Waals surface area contributed by atoms with Crippen LogP contribution in [0.15, 0.2) is 48.5 Å². The molecule has 104 valence electrons. The summed E-state index contributed by atoms with van der Waals surface area (Å²) >= 11 is -1.69. The van der Waals surface area contributed by atoms with Gasteiger partial charge < -0.3 is 0 Å². The van der Waals surface area contributed by atoms with Crippen LogP contribution in [0.5, 0.6) is 0 Å². The van der Waals surface area contributed by atoms with E-state index in [-0.39, 0.29) is 5.78 Å². The van der Waals surface area contributed by atoms with Gasteiger partial charge in [0.2, 0.25) is 0 Å². The molecule has 0 unspecified atom stereocenters. The number of carbonyl (C=O) groups excluding carboxylic acids is 1. The molecule has 0 heterocycles. The second-order valence-corrected chi connectivity index (χ2v) is 14.9. The molecular formula is C17H20As2O. The van der Waals surface area contributed by atoms with Gasteiger partial charge in [-0.25, -0.2) is 0 Å². The fraction of sp³-hybridized carbons (Fsp3) is 0.235. The first-order chi connectivity index (χ1) is 9.49. The van der Waals surface area contributed by atoms with Gasteiger partial charge in [-0.1, -0.05) is 0 Å². The van der Waals surface area contributed by atoms with Crippen molar-refractivity contribution >= 4 is 43.8 Å². The Bertz CT molecular complexity index is 530. The van der Waals surface area contributed by atoms with Gasteiger partial charge in [-0.3, -0.25) is 0 Å². The summed E-state index contributed by atoms with van der Waals surface area (Å²) in [6.07, 6.45) is 0. The summed E-state index contributed by atoms with van der Waals surface area (Å²) < 4.78 is 2.83. The van der Waals surface area contributed by atoms with Gasteiger partial charge in [-0.15, -0.1) is 0 Å². The van der Waals surface area contributed by atoms with Gasteiger partial charge in [0, 0.05) is 0 Å². The summed E-state index contributed by atoms with van der Waals surface area (Å²) in [6, 6.07) is 16.3. The molecule has 0 atom stereocenters. The Hall–Kier alpha value is -0.773. The van der Waals surface area contributed by atoms with Crippen molar-refractivity contribution in [3.63, 3.8) is 0 Å². The van der Waals surface area contributed by atoms with Crippen LogP contribution < -0.4 is 8.70 Å². The average molecular weight is 390 g/mol. The first kappa shape index (κ1) is 15.6. The van der Waals surface area contributed by atoms with Crippen LogP contribution in [0.4, 0.5) is 0 Å². The standard InChI is InChI=1S/C17H20As2O/c1-18(2)15-9-5-13(6-10-15)17(20)14-7-11-16(12-8-14)19(3)4/h5-12H,1-4H3. The van der Waals surface area contributed by atoms with E-state index in [9.17, 15) is 4.79 Å². The number of hydrogen-bond donors (Lipinski definition) is 0. The Morgan fingerprint density at radius 1 is 0.650 bits per heavy atom. The minimum atomic E-state index is -0.843. The molecule has 3 heteroatoms. The summed E-state index contributed by atoms with van der Waals surface area (Å²) in [5, 5.41) is 0. The van der Waals surface area contributed by atoms with Crippen LogP contribution in [0.3, 0.4) is 0 Å². The molecule has 2 rings (SSSR count). The molecule has 0 radical (unpaired) electrons. The first-order valence-corrected chi connectivity index (χ1v) is 16.0. The molecule has 0 aliphatic rings. The number of rotatable bonds is 4. The van der Waals surface area contributed by atoms with Crippen molar-refractivity contribution in [2.75, 3.05) is 0 Å². The van der Waals surface area contributed by atoms with Crippen molar-refractivity contribution in [3.05, 3.63) is 59.7 Å². The molecule has 2 aromatic rings. The molecule has 0 N–H and O–H groups in total. The van der Waals surface area contributed by atoms with Crippen molar-refractivity contribution in [2.45, 2.75) is 22.8 Å². The van der Waals surface area contributed by atoms with E-state index in [0.717, 1.165) is 11.1 Å². The van der Waals surface area contributed by atoms with Crippen LogP contribution in [0.25, 0.3) is 0 Å². The van der Waals surface area contributed by atoms with Crippen molar-refractivity contribution in [2.24, 2.45) is 0 Å². The fourth-order valence-electron chi connectivity index (χ4n) is 1.99. The van der Waals surface area contributed by atoms with Crippen LogP contribution >= 0.6 is 0 Å². The normalized spacial score (nSPS) is 11.1. The van der Waals surface area contributed by atoms with Gasteiger partial charge in [-0.05, 0) is 0 Å². The summed E-state index contributed by atoms with van der Waals surface area (Å²) in [6.45, 7) is 0. The quantitative estimate of drug-likeness (QED) is 0.580. The van der Waals surface area contributed by atoms with E-state index in [2.05, 4.69) is 47.1 Å². The predicted molar refractivity (Wildman–Crippen MR) is 90.5 cm³/mol. The van der Waals surface area contributed by atoms with Crippen molar-refractivity contribution in [1.82, 2.24) is 0 Å². The number of hydrogen-bond acceptors (Lipinski definition) is 1. The average Bonchev–Trinajstić information content (AvgIpc) is 2.46. The van der Waals surface area contributed by atoms with Gasteiger partial charge in [0.25, 0.3) is 0 Å². The number of carbonyl (C=O) groups is 1. The van der Waals surface area contributed by atoms with Crippen LogP contribution in [0.2, 0.25) is 22.8 Å². The molecular weight excluding hydrogens is 370 g/mol. The van der Waals surface area contributed by atoms with Crippen molar-refractivity contribution in [3.8, 4) is 0 Å². The summed E-state index contributed by atoms with van der Waals surface area (Å²) in [5.74, 6) is 0.126. The zero-order valence-electron chi connectivity index (χ0n) is 12.4. The Balaban J connectivity index is 2.22.